The Hall–Kier alpha value is -0.910. The summed E-state index contributed by atoms with van der Waals surface area (Å²) in [6, 6.07) is 6.98. The van der Waals surface area contributed by atoms with Crippen molar-refractivity contribution in [2.45, 2.75) is 37.2 Å². The quantitative estimate of drug-likeness (QED) is 0.823. The van der Waals surface area contributed by atoms with E-state index in [-0.39, 0.29) is 18.7 Å². The van der Waals surface area contributed by atoms with Gasteiger partial charge in [0.1, 0.15) is 0 Å². The molecule has 18 heavy (non-hydrogen) atoms. The number of benzene rings is 1. The molecule has 4 nitrogen and oxygen atoms in total. The van der Waals surface area contributed by atoms with Crippen LogP contribution >= 0.6 is 0 Å². The number of hydrogen-bond acceptors (Lipinski definition) is 4. The van der Waals surface area contributed by atoms with Gasteiger partial charge in [0.05, 0.1) is 11.5 Å². The molecule has 0 aliphatic heterocycles. The molecule has 0 heterocycles. The van der Waals surface area contributed by atoms with E-state index < -0.39 is 9.84 Å². The maximum absolute atomic E-state index is 11.3. The molecule has 1 aromatic rings. The number of aliphatic hydroxyl groups is 1. The smallest absolute Gasteiger partial charge is 0.175 e. The number of sulfone groups is 1. The first-order valence-corrected chi connectivity index (χ1v) is 7.94. The normalized spacial score (nSPS) is 15.3. The molecule has 0 saturated heterocycles. The Morgan fingerprint density at radius 2 is 1.83 bits per heavy atom. The van der Waals surface area contributed by atoms with Gasteiger partial charge in [-0.1, -0.05) is 19.1 Å². The first kappa shape index (κ1) is 15.1. The van der Waals surface area contributed by atoms with Gasteiger partial charge in [0.15, 0.2) is 9.84 Å². The second-order valence-electron chi connectivity index (χ2n) is 4.52. The van der Waals surface area contributed by atoms with Gasteiger partial charge >= 0.3 is 0 Å². The molecule has 0 aliphatic rings. The van der Waals surface area contributed by atoms with Crippen molar-refractivity contribution in [3.05, 3.63) is 29.8 Å². The van der Waals surface area contributed by atoms with Crippen molar-refractivity contribution in [2.75, 3.05) is 12.9 Å². The molecule has 0 amide bonds. The van der Waals surface area contributed by atoms with Crippen LogP contribution < -0.4 is 5.32 Å². The highest BCUT2D eigenvalue weighted by Gasteiger charge is 2.12. The standard InChI is InChI=1S/C13H21NO3S/c1-4-12(9-15)14-10(2)11-5-7-13(8-6-11)18(3,16)17/h5-8,10,12,14-15H,4,9H2,1-3H3/t10?,12-/m0/s1. The molecule has 0 radical (unpaired) electrons. The number of rotatable bonds is 6. The average Bonchev–Trinajstić information content (AvgIpc) is 2.34. The molecule has 102 valence electrons. The molecule has 2 atom stereocenters. The molecule has 1 aromatic carbocycles. The Morgan fingerprint density at radius 3 is 2.22 bits per heavy atom. The third-order valence-electron chi connectivity index (χ3n) is 3.01. The third kappa shape index (κ3) is 4.08. The second-order valence-corrected chi connectivity index (χ2v) is 6.53. The van der Waals surface area contributed by atoms with Crippen LogP contribution in [0.25, 0.3) is 0 Å². The zero-order chi connectivity index (χ0) is 13.8. The summed E-state index contributed by atoms with van der Waals surface area (Å²) in [5, 5.41) is 12.4. The molecule has 1 unspecified atom stereocenters. The molecule has 0 spiro atoms. The molecule has 5 heteroatoms. The molecular formula is C13H21NO3S. The van der Waals surface area contributed by atoms with Gasteiger partial charge in [-0.15, -0.1) is 0 Å². The molecule has 0 aliphatic carbocycles. The van der Waals surface area contributed by atoms with Crippen LogP contribution in [-0.4, -0.2) is 32.4 Å². The van der Waals surface area contributed by atoms with Crippen LogP contribution in [0, 0.1) is 0 Å². The van der Waals surface area contributed by atoms with Crippen molar-refractivity contribution in [1.82, 2.24) is 5.32 Å². The molecular weight excluding hydrogens is 250 g/mol. The summed E-state index contributed by atoms with van der Waals surface area (Å²) in [5.74, 6) is 0. The SMILES string of the molecule is CC[C@@H](CO)NC(C)c1ccc(S(C)(=O)=O)cc1. The summed E-state index contributed by atoms with van der Waals surface area (Å²) < 4.78 is 22.7. The van der Waals surface area contributed by atoms with Crippen LogP contribution in [0.4, 0.5) is 0 Å². The average molecular weight is 271 g/mol. The second kappa shape index (κ2) is 6.31. The van der Waals surface area contributed by atoms with Crippen LogP contribution in [0.5, 0.6) is 0 Å². The van der Waals surface area contributed by atoms with Crippen LogP contribution in [0.1, 0.15) is 31.9 Å². The summed E-state index contributed by atoms with van der Waals surface area (Å²) >= 11 is 0. The molecule has 0 aromatic heterocycles. The van der Waals surface area contributed by atoms with E-state index in [9.17, 15) is 8.42 Å². The molecule has 0 bridgehead atoms. The maximum Gasteiger partial charge on any atom is 0.175 e. The van der Waals surface area contributed by atoms with Gasteiger partial charge in [-0.3, -0.25) is 0 Å². The molecule has 0 saturated carbocycles. The zero-order valence-electron chi connectivity index (χ0n) is 11.1. The van der Waals surface area contributed by atoms with Crippen molar-refractivity contribution < 1.29 is 13.5 Å². The van der Waals surface area contributed by atoms with E-state index in [1.165, 1.54) is 6.26 Å². The maximum atomic E-state index is 11.3. The van der Waals surface area contributed by atoms with Crippen LogP contribution in [0.2, 0.25) is 0 Å². The van der Waals surface area contributed by atoms with Gasteiger partial charge in [-0.25, -0.2) is 8.42 Å². The van der Waals surface area contributed by atoms with Gasteiger partial charge in [0.25, 0.3) is 0 Å². The van der Waals surface area contributed by atoms with E-state index in [0.717, 1.165) is 12.0 Å². The van der Waals surface area contributed by atoms with Crippen molar-refractivity contribution in [3.63, 3.8) is 0 Å². The lowest BCUT2D eigenvalue weighted by molar-refractivity contribution is 0.230. The highest BCUT2D eigenvalue weighted by Crippen LogP contribution is 2.17. The minimum Gasteiger partial charge on any atom is -0.395 e. The van der Waals surface area contributed by atoms with Gasteiger partial charge < -0.3 is 10.4 Å². The Morgan fingerprint density at radius 1 is 1.28 bits per heavy atom. The van der Waals surface area contributed by atoms with Crippen molar-refractivity contribution in [1.29, 1.82) is 0 Å². The fraction of sp³-hybridized carbons (Fsp3) is 0.538. The Kier molecular flexibility index (Phi) is 5.31. The third-order valence-corrected chi connectivity index (χ3v) is 4.14. The van der Waals surface area contributed by atoms with Crippen LogP contribution in [0.3, 0.4) is 0 Å². The number of aliphatic hydroxyl groups excluding tert-OH is 1. The minimum atomic E-state index is -3.14. The van der Waals surface area contributed by atoms with Crippen LogP contribution in [-0.2, 0) is 9.84 Å². The number of nitrogens with one attached hydrogen (secondary N) is 1. The van der Waals surface area contributed by atoms with Gasteiger partial charge in [0, 0.05) is 18.3 Å². The van der Waals surface area contributed by atoms with Crippen molar-refractivity contribution in [2.24, 2.45) is 0 Å². The highest BCUT2D eigenvalue weighted by molar-refractivity contribution is 7.90. The summed E-state index contributed by atoms with van der Waals surface area (Å²) in [5.41, 5.74) is 1.01. The van der Waals surface area contributed by atoms with Gasteiger partial charge in [-0.2, -0.15) is 0 Å². The molecule has 2 N–H and O–H groups in total. The fourth-order valence-electron chi connectivity index (χ4n) is 1.75. The lowest BCUT2D eigenvalue weighted by Gasteiger charge is -2.21. The monoisotopic (exact) mass is 271 g/mol. The van der Waals surface area contributed by atoms with E-state index in [4.69, 9.17) is 5.11 Å². The Balaban J connectivity index is 2.79. The van der Waals surface area contributed by atoms with E-state index in [1.807, 2.05) is 13.8 Å². The zero-order valence-corrected chi connectivity index (χ0v) is 11.9. The summed E-state index contributed by atoms with van der Waals surface area (Å²) in [6.45, 7) is 4.10. The summed E-state index contributed by atoms with van der Waals surface area (Å²) in [7, 11) is -3.14. The minimum absolute atomic E-state index is 0.0644. The van der Waals surface area contributed by atoms with E-state index in [0.29, 0.717) is 4.90 Å². The lowest BCUT2D eigenvalue weighted by atomic mass is 10.1. The molecule has 1 rings (SSSR count). The van der Waals surface area contributed by atoms with E-state index >= 15 is 0 Å². The first-order valence-electron chi connectivity index (χ1n) is 6.05. The topological polar surface area (TPSA) is 66.4 Å². The van der Waals surface area contributed by atoms with E-state index in [2.05, 4.69) is 5.32 Å². The summed E-state index contributed by atoms with van der Waals surface area (Å²) in [6.07, 6.45) is 2.05. The van der Waals surface area contributed by atoms with Crippen LogP contribution in [0.15, 0.2) is 29.2 Å². The van der Waals surface area contributed by atoms with Crippen molar-refractivity contribution in [3.8, 4) is 0 Å². The first-order chi connectivity index (χ1) is 8.38. The lowest BCUT2D eigenvalue weighted by Crippen LogP contribution is -2.33. The summed E-state index contributed by atoms with van der Waals surface area (Å²) in [4.78, 5) is 0.327. The van der Waals surface area contributed by atoms with E-state index in [1.54, 1.807) is 24.3 Å². The van der Waals surface area contributed by atoms with Gasteiger partial charge in [0.2, 0.25) is 0 Å². The Bertz CT molecular complexity index is 464. The number of hydrogen-bond donors (Lipinski definition) is 2. The highest BCUT2D eigenvalue weighted by atomic mass is 32.2. The largest absolute Gasteiger partial charge is 0.395 e. The molecule has 0 fully saturated rings. The van der Waals surface area contributed by atoms with Crippen molar-refractivity contribution >= 4 is 9.84 Å². The van der Waals surface area contributed by atoms with Gasteiger partial charge in [-0.05, 0) is 31.0 Å². The predicted molar refractivity (Wildman–Crippen MR) is 72.3 cm³/mol. The fourth-order valence-corrected chi connectivity index (χ4v) is 2.38. The predicted octanol–water partition coefficient (Wildman–Crippen LogP) is 1.51. The Labute approximate surface area is 109 Å².